The minimum Gasteiger partial charge on any atom is -0.312 e. The van der Waals surface area contributed by atoms with Crippen molar-refractivity contribution in [3.63, 3.8) is 0 Å². The Morgan fingerprint density at radius 3 is 2.59 bits per heavy atom. The molecule has 0 radical (unpaired) electrons. The van der Waals surface area contributed by atoms with Gasteiger partial charge in [-0.25, -0.2) is 12.8 Å². The molecular weight excluding hydrogens is 367 g/mol. The molecule has 2 aromatic carbocycles. The summed E-state index contributed by atoms with van der Waals surface area (Å²) < 4.78 is 40.6. The van der Waals surface area contributed by atoms with Gasteiger partial charge in [-0.15, -0.1) is 0 Å². The van der Waals surface area contributed by atoms with Crippen LogP contribution in [0.3, 0.4) is 0 Å². The third kappa shape index (κ3) is 3.26. The number of hydrogen-bond donors (Lipinski definition) is 0. The van der Waals surface area contributed by atoms with E-state index in [1.165, 1.54) is 22.5 Å². The first kappa shape index (κ1) is 18.1. The van der Waals surface area contributed by atoms with Crippen LogP contribution in [0.25, 0.3) is 0 Å². The Morgan fingerprint density at radius 2 is 1.85 bits per heavy atom. The summed E-state index contributed by atoms with van der Waals surface area (Å²) in [7, 11) is -3.77. The molecule has 2 aliphatic rings. The van der Waals surface area contributed by atoms with Gasteiger partial charge in [-0.1, -0.05) is 18.2 Å². The zero-order valence-corrected chi connectivity index (χ0v) is 15.9. The number of hydrogen-bond acceptors (Lipinski definition) is 3. The highest BCUT2D eigenvalue weighted by molar-refractivity contribution is 7.89. The number of aryl methyl sites for hydroxylation is 1. The molecule has 5 nitrogen and oxygen atoms in total. The van der Waals surface area contributed by atoms with Crippen molar-refractivity contribution in [2.24, 2.45) is 5.41 Å². The Bertz CT molecular complexity index is 1010. The second-order valence-electron chi connectivity index (χ2n) is 7.54. The second kappa shape index (κ2) is 6.42. The maximum Gasteiger partial charge on any atom is 0.243 e. The fourth-order valence-corrected chi connectivity index (χ4v) is 5.66. The number of sulfonamides is 1. The fraction of sp³-hybridized carbons (Fsp3) is 0.350. The standard InChI is InChI=1S/C20H21FN2O3S/c1-15-4-2-6-17(10-15)23-14-20(12-19(23)24)8-9-22(13-20)27(25,26)18-7-3-5-16(21)11-18/h2-7,10-11H,8-9,12-14H2,1H3/t20-/m1/s1. The van der Waals surface area contributed by atoms with E-state index in [-0.39, 0.29) is 22.8 Å². The van der Waals surface area contributed by atoms with Gasteiger partial charge in [0.2, 0.25) is 15.9 Å². The van der Waals surface area contributed by atoms with Gasteiger partial charge < -0.3 is 4.90 Å². The van der Waals surface area contributed by atoms with E-state index in [9.17, 15) is 17.6 Å². The van der Waals surface area contributed by atoms with E-state index in [1.807, 2.05) is 31.2 Å². The van der Waals surface area contributed by atoms with Gasteiger partial charge in [-0.2, -0.15) is 4.31 Å². The summed E-state index contributed by atoms with van der Waals surface area (Å²) in [6.07, 6.45) is 0.950. The molecule has 2 aromatic rings. The fourth-order valence-electron chi connectivity index (χ4n) is 4.08. The van der Waals surface area contributed by atoms with Crippen LogP contribution in [0.5, 0.6) is 0 Å². The van der Waals surface area contributed by atoms with Gasteiger partial charge in [-0.05, 0) is 49.2 Å². The number of amides is 1. The zero-order valence-electron chi connectivity index (χ0n) is 15.1. The maximum absolute atomic E-state index is 13.5. The van der Waals surface area contributed by atoms with Crippen LogP contribution >= 0.6 is 0 Å². The van der Waals surface area contributed by atoms with Gasteiger partial charge in [0.25, 0.3) is 0 Å². The van der Waals surface area contributed by atoms with Crippen LogP contribution < -0.4 is 4.90 Å². The highest BCUT2D eigenvalue weighted by atomic mass is 32.2. The van der Waals surface area contributed by atoms with Crippen molar-refractivity contribution < 1.29 is 17.6 Å². The summed E-state index contributed by atoms with van der Waals surface area (Å²) in [5.74, 6) is -0.558. The van der Waals surface area contributed by atoms with Crippen molar-refractivity contribution in [1.29, 1.82) is 0 Å². The smallest absolute Gasteiger partial charge is 0.243 e. The molecular formula is C20H21FN2O3S. The molecule has 2 heterocycles. The lowest BCUT2D eigenvalue weighted by atomic mass is 9.86. The molecule has 2 aliphatic heterocycles. The summed E-state index contributed by atoms with van der Waals surface area (Å²) in [5, 5.41) is 0. The predicted molar refractivity (Wildman–Crippen MR) is 100 cm³/mol. The third-order valence-electron chi connectivity index (χ3n) is 5.47. The van der Waals surface area contributed by atoms with Crippen LogP contribution in [0.1, 0.15) is 18.4 Å². The summed E-state index contributed by atoms with van der Waals surface area (Å²) in [5.41, 5.74) is 1.53. The van der Waals surface area contributed by atoms with E-state index >= 15 is 0 Å². The monoisotopic (exact) mass is 388 g/mol. The molecule has 1 amide bonds. The van der Waals surface area contributed by atoms with E-state index in [0.29, 0.717) is 25.9 Å². The number of benzene rings is 2. The number of anilines is 1. The SMILES string of the molecule is Cc1cccc(N2C[C@]3(CCN(S(=O)(=O)c4cccc(F)c4)C3)CC2=O)c1. The van der Waals surface area contributed by atoms with Crippen LogP contribution in [0, 0.1) is 18.2 Å². The minimum atomic E-state index is -3.77. The van der Waals surface area contributed by atoms with Gasteiger partial charge >= 0.3 is 0 Å². The van der Waals surface area contributed by atoms with Crippen LogP contribution in [0.15, 0.2) is 53.4 Å². The number of carbonyl (C=O) groups excluding carboxylic acids is 1. The van der Waals surface area contributed by atoms with Gasteiger partial charge in [0, 0.05) is 37.2 Å². The number of nitrogens with zero attached hydrogens (tertiary/aromatic N) is 2. The summed E-state index contributed by atoms with van der Waals surface area (Å²) >= 11 is 0. The lowest BCUT2D eigenvalue weighted by molar-refractivity contribution is -0.117. The molecule has 0 aliphatic carbocycles. The highest BCUT2D eigenvalue weighted by Crippen LogP contribution is 2.43. The van der Waals surface area contributed by atoms with Crippen molar-refractivity contribution in [1.82, 2.24) is 4.31 Å². The third-order valence-corrected chi connectivity index (χ3v) is 7.31. The van der Waals surface area contributed by atoms with Crippen LogP contribution in [-0.2, 0) is 14.8 Å². The quantitative estimate of drug-likeness (QED) is 0.812. The van der Waals surface area contributed by atoms with Crippen LogP contribution in [-0.4, -0.2) is 38.3 Å². The average Bonchev–Trinajstić information content (AvgIpc) is 3.19. The van der Waals surface area contributed by atoms with Crippen molar-refractivity contribution >= 4 is 21.6 Å². The topological polar surface area (TPSA) is 57.7 Å². The molecule has 0 unspecified atom stereocenters. The van der Waals surface area contributed by atoms with E-state index in [4.69, 9.17) is 0 Å². The van der Waals surface area contributed by atoms with E-state index < -0.39 is 15.8 Å². The summed E-state index contributed by atoms with van der Waals surface area (Å²) in [6.45, 7) is 3.10. The molecule has 1 spiro atoms. The average molecular weight is 388 g/mol. The Morgan fingerprint density at radius 1 is 1.07 bits per heavy atom. The Balaban J connectivity index is 1.56. The summed E-state index contributed by atoms with van der Waals surface area (Å²) in [4.78, 5) is 14.3. The molecule has 2 fully saturated rings. The van der Waals surface area contributed by atoms with Gasteiger partial charge in [0.1, 0.15) is 5.82 Å². The first-order chi connectivity index (χ1) is 12.8. The zero-order chi connectivity index (χ0) is 19.2. The maximum atomic E-state index is 13.5. The second-order valence-corrected chi connectivity index (χ2v) is 9.48. The molecule has 0 bridgehead atoms. The molecule has 7 heteroatoms. The largest absolute Gasteiger partial charge is 0.312 e. The molecule has 0 saturated carbocycles. The molecule has 4 rings (SSSR count). The van der Waals surface area contributed by atoms with Crippen LogP contribution in [0.2, 0.25) is 0 Å². The number of halogens is 1. The van der Waals surface area contributed by atoms with Crippen molar-refractivity contribution in [3.8, 4) is 0 Å². The number of rotatable bonds is 3. The first-order valence-corrected chi connectivity index (χ1v) is 10.4. The lowest BCUT2D eigenvalue weighted by Gasteiger charge is -2.24. The first-order valence-electron chi connectivity index (χ1n) is 8.92. The molecule has 142 valence electrons. The van der Waals surface area contributed by atoms with E-state index in [1.54, 1.807) is 4.90 Å². The molecule has 0 aromatic heterocycles. The lowest BCUT2D eigenvalue weighted by Crippen LogP contribution is -2.34. The molecule has 27 heavy (non-hydrogen) atoms. The van der Waals surface area contributed by atoms with Crippen molar-refractivity contribution in [2.45, 2.75) is 24.7 Å². The Labute approximate surface area is 158 Å². The Hall–Kier alpha value is -2.25. The minimum absolute atomic E-state index is 0.0191. The van der Waals surface area contributed by atoms with Gasteiger partial charge in [0.05, 0.1) is 4.90 Å². The molecule has 2 saturated heterocycles. The van der Waals surface area contributed by atoms with Crippen molar-refractivity contribution in [2.75, 3.05) is 24.5 Å². The normalized spacial score (nSPS) is 23.5. The Kier molecular flexibility index (Phi) is 4.31. The van der Waals surface area contributed by atoms with E-state index in [0.717, 1.165) is 17.3 Å². The van der Waals surface area contributed by atoms with Crippen molar-refractivity contribution in [3.05, 3.63) is 59.9 Å². The summed E-state index contributed by atoms with van der Waals surface area (Å²) in [6, 6.07) is 12.8. The predicted octanol–water partition coefficient (Wildman–Crippen LogP) is 2.95. The van der Waals surface area contributed by atoms with Gasteiger partial charge in [-0.3, -0.25) is 4.79 Å². The molecule has 1 atom stereocenters. The van der Waals surface area contributed by atoms with Gasteiger partial charge in [0.15, 0.2) is 0 Å². The van der Waals surface area contributed by atoms with E-state index in [2.05, 4.69) is 0 Å². The molecule has 0 N–H and O–H groups in total. The highest BCUT2D eigenvalue weighted by Gasteiger charge is 2.50. The number of carbonyl (C=O) groups is 1. The van der Waals surface area contributed by atoms with Crippen LogP contribution in [0.4, 0.5) is 10.1 Å².